The van der Waals surface area contributed by atoms with Crippen LogP contribution in [-0.2, 0) is 0 Å². The number of aryl methyl sites for hydroxylation is 1. The van der Waals surface area contributed by atoms with Crippen LogP contribution in [-0.4, -0.2) is 27.2 Å². The van der Waals surface area contributed by atoms with Crippen LogP contribution in [0.1, 0.15) is 37.9 Å². The normalized spacial score (nSPS) is 19.0. The van der Waals surface area contributed by atoms with Gasteiger partial charge in [-0.25, -0.2) is 9.97 Å². The molecule has 0 radical (unpaired) electrons. The van der Waals surface area contributed by atoms with Gasteiger partial charge < -0.3 is 10.4 Å². The highest BCUT2D eigenvalue weighted by atomic mass is 79.9. The Balaban J connectivity index is 1.96. The van der Waals surface area contributed by atoms with E-state index in [1.54, 1.807) is 0 Å². The molecule has 5 heteroatoms. The van der Waals surface area contributed by atoms with Crippen molar-refractivity contribution in [3.05, 3.63) is 16.5 Å². The van der Waals surface area contributed by atoms with Crippen LogP contribution < -0.4 is 5.32 Å². The SMILES string of the molecule is Cc1nc(Br)cc(NCC2(O)CCCCC2)n1. The largest absolute Gasteiger partial charge is 0.388 e. The van der Waals surface area contributed by atoms with E-state index in [0.29, 0.717) is 6.54 Å². The topological polar surface area (TPSA) is 58.0 Å². The second-order valence-electron chi connectivity index (χ2n) is 4.76. The molecule has 4 nitrogen and oxygen atoms in total. The van der Waals surface area contributed by atoms with E-state index >= 15 is 0 Å². The molecule has 0 amide bonds. The summed E-state index contributed by atoms with van der Waals surface area (Å²) in [7, 11) is 0. The molecular formula is C12H18BrN3O. The average molecular weight is 300 g/mol. The smallest absolute Gasteiger partial charge is 0.130 e. The summed E-state index contributed by atoms with van der Waals surface area (Å²) in [5.74, 6) is 1.49. The first kappa shape index (κ1) is 12.8. The molecule has 1 aliphatic rings. The second kappa shape index (κ2) is 5.31. The highest BCUT2D eigenvalue weighted by molar-refractivity contribution is 9.10. The zero-order valence-electron chi connectivity index (χ0n) is 10.0. The van der Waals surface area contributed by atoms with Crippen molar-refractivity contribution in [2.75, 3.05) is 11.9 Å². The van der Waals surface area contributed by atoms with Gasteiger partial charge in [0.05, 0.1) is 5.60 Å². The minimum absolute atomic E-state index is 0.565. The van der Waals surface area contributed by atoms with Crippen molar-refractivity contribution in [3.63, 3.8) is 0 Å². The summed E-state index contributed by atoms with van der Waals surface area (Å²) in [6.07, 6.45) is 5.23. The van der Waals surface area contributed by atoms with Crippen LogP contribution in [0.15, 0.2) is 10.7 Å². The van der Waals surface area contributed by atoms with Gasteiger partial charge in [0, 0.05) is 12.6 Å². The number of anilines is 1. The Kier molecular flexibility index (Phi) is 3.99. The van der Waals surface area contributed by atoms with E-state index in [1.165, 1.54) is 6.42 Å². The van der Waals surface area contributed by atoms with Gasteiger partial charge in [-0.05, 0) is 35.7 Å². The molecule has 1 aromatic heterocycles. The lowest BCUT2D eigenvalue weighted by molar-refractivity contribution is 0.0166. The van der Waals surface area contributed by atoms with Crippen LogP contribution >= 0.6 is 15.9 Å². The summed E-state index contributed by atoms with van der Waals surface area (Å²) in [5, 5.41) is 13.6. The Morgan fingerprint density at radius 1 is 1.35 bits per heavy atom. The van der Waals surface area contributed by atoms with Crippen LogP contribution in [0.25, 0.3) is 0 Å². The molecule has 1 aromatic rings. The monoisotopic (exact) mass is 299 g/mol. The van der Waals surface area contributed by atoms with Gasteiger partial charge in [-0.3, -0.25) is 0 Å². The summed E-state index contributed by atoms with van der Waals surface area (Å²) in [6.45, 7) is 2.42. The molecule has 1 fully saturated rings. The third-order valence-electron chi connectivity index (χ3n) is 3.19. The van der Waals surface area contributed by atoms with Gasteiger partial charge >= 0.3 is 0 Å². The zero-order valence-corrected chi connectivity index (χ0v) is 11.6. The lowest BCUT2D eigenvalue weighted by atomic mass is 9.85. The summed E-state index contributed by atoms with van der Waals surface area (Å²) in [4.78, 5) is 8.44. The molecule has 1 saturated carbocycles. The molecule has 1 heterocycles. The van der Waals surface area contributed by atoms with Crippen molar-refractivity contribution >= 4 is 21.7 Å². The average Bonchev–Trinajstić information content (AvgIpc) is 2.26. The number of hydrogen-bond acceptors (Lipinski definition) is 4. The molecule has 0 atom stereocenters. The maximum Gasteiger partial charge on any atom is 0.130 e. The van der Waals surface area contributed by atoms with Crippen molar-refractivity contribution in [1.29, 1.82) is 0 Å². The number of hydrogen-bond donors (Lipinski definition) is 2. The number of nitrogens with one attached hydrogen (secondary N) is 1. The second-order valence-corrected chi connectivity index (χ2v) is 5.57. The molecule has 0 bridgehead atoms. The molecule has 0 unspecified atom stereocenters. The van der Waals surface area contributed by atoms with Crippen LogP contribution in [0.3, 0.4) is 0 Å². The van der Waals surface area contributed by atoms with E-state index in [2.05, 4.69) is 31.2 Å². The molecule has 0 spiro atoms. The van der Waals surface area contributed by atoms with Gasteiger partial charge in [-0.2, -0.15) is 0 Å². The molecule has 0 aliphatic heterocycles. The lowest BCUT2D eigenvalue weighted by Gasteiger charge is -2.32. The molecule has 94 valence electrons. The van der Waals surface area contributed by atoms with Crippen LogP contribution in [0.5, 0.6) is 0 Å². The predicted octanol–water partition coefficient (Wildman–Crippen LogP) is 2.65. The number of rotatable bonds is 3. The quantitative estimate of drug-likeness (QED) is 0.843. The molecule has 0 saturated heterocycles. The third kappa shape index (κ3) is 3.64. The number of nitrogens with zero attached hydrogens (tertiary/aromatic N) is 2. The van der Waals surface area contributed by atoms with Crippen LogP contribution in [0.2, 0.25) is 0 Å². The van der Waals surface area contributed by atoms with Crippen molar-refractivity contribution in [1.82, 2.24) is 9.97 Å². The van der Waals surface area contributed by atoms with Crippen LogP contribution in [0, 0.1) is 6.92 Å². The summed E-state index contributed by atoms with van der Waals surface area (Å²) in [5.41, 5.74) is -0.566. The van der Waals surface area contributed by atoms with Gasteiger partial charge in [-0.1, -0.05) is 19.3 Å². The number of aromatic nitrogens is 2. The van der Waals surface area contributed by atoms with E-state index in [4.69, 9.17) is 0 Å². The highest BCUT2D eigenvalue weighted by Crippen LogP contribution is 2.28. The highest BCUT2D eigenvalue weighted by Gasteiger charge is 2.28. The maximum atomic E-state index is 10.4. The summed E-state index contributed by atoms with van der Waals surface area (Å²) >= 11 is 3.34. The van der Waals surface area contributed by atoms with Crippen molar-refractivity contribution in [2.24, 2.45) is 0 Å². The molecule has 2 rings (SSSR count). The molecule has 1 aliphatic carbocycles. The first-order valence-corrected chi connectivity index (χ1v) is 6.84. The van der Waals surface area contributed by atoms with E-state index < -0.39 is 5.60 Å². The van der Waals surface area contributed by atoms with Gasteiger partial charge in [0.2, 0.25) is 0 Å². The zero-order chi connectivity index (χ0) is 12.3. The first-order chi connectivity index (χ1) is 8.07. The van der Waals surface area contributed by atoms with Gasteiger partial charge in [-0.15, -0.1) is 0 Å². The minimum atomic E-state index is -0.566. The fourth-order valence-corrected chi connectivity index (χ4v) is 2.74. The Morgan fingerprint density at radius 2 is 2.06 bits per heavy atom. The van der Waals surface area contributed by atoms with Crippen LogP contribution in [0.4, 0.5) is 5.82 Å². The Morgan fingerprint density at radius 3 is 2.71 bits per heavy atom. The van der Waals surface area contributed by atoms with Gasteiger partial charge in [0.25, 0.3) is 0 Å². The van der Waals surface area contributed by atoms with Crippen molar-refractivity contribution < 1.29 is 5.11 Å². The van der Waals surface area contributed by atoms with E-state index in [1.807, 2.05) is 13.0 Å². The lowest BCUT2D eigenvalue weighted by Crippen LogP contribution is -2.39. The first-order valence-electron chi connectivity index (χ1n) is 6.05. The van der Waals surface area contributed by atoms with Gasteiger partial charge in [0.15, 0.2) is 0 Å². The fourth-order valence-electron chi connectivity index (χ4n) is 2.26. The standard InChI is InChI=1S/C12H18BrN3O/c1-9-15-10(13)7-11(16-9)14-8-12(17)5-3-2-4-6-12/h7,17H,2-6,8H2,1H3,(H,14,15,16). The Hall–Kier alpha value is -0.680. The Bertz CT molecular complexity index is 371. The van der Waals surface area contributed by atoms with E-state index in [0.717, 1.165) is 41.9 Å². The molecular weight excluding hydrogens is 282 g/mol. The summed E-state index contributed by atoms with van der Waals surface area (Å²) < 4.78 is 0.767. The third-order valence-corrected chi connectivity index (χ3v) is 3.60. The maximum absolute atomic E-state index is 10.4. The van der Waals surface area contributed by atoms with E-state index in [9.17, 15) is 5.11 Å². The van der Waals surface area contributed by atoms with E-state index in [-0.39, 0.29) is 0 Å². The van der Waals surface area contributed by atoms with Gasteiger partial charge in [0.1, 0.15) is 16.2 Å². The molecule has 2 N–H and O–H groups in total. The minimum Gasteiger partial charge on any atom is -0.388 e. The summed E-state index contributed by atoms with van der Waals surface area (Å²) in [6, 6.07) is 1.83. The molecule has 17 heavy (non-hydrogen) atoms. The van der Waals surface area contributed by atoms with Crippen molar-refractivity contribution in [2.45, 2.75) is 44.6 Å². The fraction of sp³-hybridized carbons (Fsp3) is 0.667. The number of halogens is 1. The number of aliphatic hydroxyl groups is 1. The predicted molar refractivity (Wildman–Crippen MR) is 71.0 cm³/mol. The van der Waals surface area contributed by atoms with Crippen molar-refractivity contribution in [3.8, 4) is 0 Å². The molecule has 0 aromatic carbocycles. The Labute approximate surface area is 110 Å².